The Hall–Kier alpha value is -2.31. The number of fused-ring (bicyclic) bond motifs is 5. The highest BCUT2D eigenvalue weighted by molar-refractivity contribution is 6.35. The van der Waals surface area contributed by atoms with Crippen molar-refractivity contribution < 1.29 is 33.4 Å². The molecule has 3 fully saturated rings. The molecule has 216 valence electrons. The quantitative estimate of drug-likeness (QED) is 0.264. The van der Waals surface area contributed by atoms with E-state index in [1.165, 1.54) is 14.2 Å². The highest BCUT2D eigenvalue weighted by Crippen LogP contribution is 2.73. The summed E-state index contributed by atoms with van der Waals surface area (Å²) >= 11 is 0. The van der Waals surface area contributed by atoms with E-state index in [1.54, 1.807) is 26.8 Å². The number of Topliss-reactive ketones (excluding diaryl/α,β-unsaturated/α-hetero) is 1. The number of ketones is 2. The molecule has 4 rings (SSSR count). The Bertz CT molecular complexity index is 1150. The Kier molecular flexibility index (Phi) is 6.92. The van der Waals surface area contributed by atoms with Gasteiger partial charge in [-0.15, -0.1) is 0 Å². The smallest absolute Gasteiger partial charge is 0.374 e. The van der Waals surface area contributed by atoms with Crippen molar-refractivity contribution in [2.24, 2.45) is 50.2 Å². The molecule has 7 nitrogen and oxygen atoms in total. The lowest BCUT2D eigenvalue weighted by molar-refractivity contribution is -0.185. The van der Waals surface area contributed by atoms with Crippen molar-refractivity contribution in [3.8, 4) is 0 Å². The van der Waals surface area contributed by atoms with Crippen LogP contribution < -0.4 is 0 Å². The maximum atomic E-state index is 14.3. The van der Waals surface area contributed by atoms with E-state index in [0.717, 1.165) is 37.5 Å². The zero-order chi connectivity index (χ0) is 29.4. The predicted octanol–water partition coefficient (Wildman–Crippen LogP) is 5.29. The Morgan fingerprint density at radius 3 is 2.13 bits per heavy atom. The van der Waals surface area contributed by atoms with Crippen LogP contribution in [-0.2, 0) is 33.4 Å². The van der Waals surface area contributed by atoms with E-state index in [0.29, 0.717) is 19.3 Å². The van der Waals surface area contributed by atoms with Gasteiger partial charge in [0.15, 0.2) is 5.78 Å². The molecular formula is C32H46O7. The van der Waals surface area contributed by atoms with Crippen molar-refractivity contribution in [2.45, 2.75) is 93.4 Å². The summed E-state index contributed by atoms with van der Waals surface area (Å²) in [5.41, 5.74) is -2.90. The lowest BCUT2D eigenvalue weighted by Gasteiger charge is -2.67. The number of ether oxygens (including phenoxy) is 2. The molecule has 0 radical (unpaired) electrons. The fraction of sp³-hybridized carbons (Fsp3) is 0.781. The fourth-order valence-corrected chi connectivity index (χ4v) is 9.76. The molecule has 4 aliphatic rings. The largest absolute Gasteiger partial charge is 0.469 e. The van der Waals surface area contributed by atoms with Crippen molar-refractivity contribution >= 4 is 29.8 Å². The Morgan fingerprint density at radius 2 is 1.56 bits per heavy atom. The Balaban J connectivity index is 1.87. The molecule has 0 heterocycles. The van der Waals surface area contributed by atoms with Crippen LogP contribution in [0.1, 0.15) is 93.4 Å². The molecule has 7 heteroatoms. The number of carbonyl (C=O) groups is 5. The molecule has 4 aliphatic carbocycles. The van der Waals surface area contributed by atoms with Crippen LogP contribution in [0.15, 0.2) is 11.6 Å². The molecule has 0 aromatic rings. The molecule has 0 spiro atoms. The maximum Gasteiger partial charge on any atom is 0.374 e. The first-order chi connectivity index (χ1) is 17.9. The van der Waals surface area contributed by atoms with Gasteiger partial charge in [0.25, 0.3) is 0 Å². The van der Waals surface area contributed by atoms with Crippen molar-refractivity contribution in [3.63, 3.8) is 0 Å². The molecule has 0 aromatic carbocycles. The summed E-state index contributed by atoms with van der Waals surface area (Å²) in [6.07, 6.45) is 7.62. The lowest BCUT2D eigenvalue weighted by Crippen LogP contribution is -2.66. The zero-order valence-corrected chi connectivity index (χ0v) is 25.2. The number of aldehydes is 1. The minimum absolute atomic E-state index is 0.0231. The van der Waals surface area contributed by atoms with Gasteiger partial charge in [-0.25, -0.2) is 4.79 Å². The van der Waals surface area contributed by atoms with Crippen LogP contribution in [0.3, 0.4) is 0 Å². The molecule has 0 unspecified atom stereocenters. The third kappa shape index (κ3) is 3.84. The fourth-order valence-electron chi connectivity index (χ4n) is 9.76. The second-order valence-electron chi connectivity index (χ2n) is 14.9. The summed E-state index contributed by atoms with van der Waals surface area (Å²) in [7, 11) is 2.63. The minimum Gasteiger partial charge on any atom is -0.469 e. The third-order valence-corrected chi connectivity index (χ3v) is 12.2. The molecular weight excluding hydrogens is 496 g/mol. The molecule has 7 atom stereocenters. The van der Waals surface area contributed by atoms with E-state index < -0.39 is 50.7 Å². The van der Waals surface area contributed by atoms with Crippen LogP contribution in [0, 0.1) is 50.2 Å². The van der Waals surface area contributed by atoms with Crippen LogP contribution in [0.4, 0.5) is 0 Å². The summed E-state index contributed by atoms with van der Waals surface area (Å²) in [6.45, 7) is 14.0. The van der Waals surface area contributed by atoms with E-state index in [2.05, 4.69) is 27.7 Å². The first-order valence-corrected chi connectivity index (χ1v) is 14.4. The third-order valence-electron chi connectivity index (χ3n) is 12.2. The zero-order valence-electron chi connectivity index (χ0n) is 25.2. The molecule has 0 bridgehead atoms. The SMILES string of the molecule is COC(=O)C(=O)C(C)(C)[C@@H]1CC[C@]2(C)[C@H](C(=O)C=C3[C@@H]4CC(C)(C)CC[C@]4(C(=O)OC)CC[C@]32C)[C@@]1(C)C=O. The summed E-state index contributed by atoms with van der Waals surface area (Å²) in [4.78, 5) is 66.1. The molecule has 0 N–H and O–H groups in total. The van der Waals surface area contributed by atoms with E-state index in [4.69, 9.17) is 9.47 Å². The van der Waals surface area contributed by atoms with Gasteiger partial charge >= 0.3 is 11.9 Å². The van der Waals surface area contributed by atoms with Crippen LogP contribution in [0.2, 0.25) is 0 Å². The van der Waals surface area contributed by atoms with Crippen molar-refractivity contribution in [1.82, 2.24) is 0 Å². The minimum atomic E-state index is -1.19. The normalized spacial score (nSPS) is 41.2. The van der Waals surface area contributed by atoms with Gasteiger partial charge in [-0.1, -0.05) is 54.0 Å². The Labute approximate surface area is 232 Å². The number of allylic oxidation sites excluding steroid dienone is 2. The second-order valence-corrected chi connectivity index (χ2v) is 14.9. The average molecular weight is 543 g/mol. The highest BCUT2D eigenvalue weighted by atomic mass is 16.5. The molecule has 39 heavy (non-hydrogen) atoms. The summed E-state index contributed by atoms with van der Waals surface area (Å²) < 4.78 is 10.1. The average Bonchev–Trinajstić information content (AvgIpc) is 2.88. The van der Waals surface area contributed by atoms with Gasteiger partial charge in [-0.05, 0) is 79.1 Å². The van der Waals surface area contributed by atoms with Gasteiger partial charge in [0, 0.05) is 16.7 Å². The molecule has 3 saturated carbocycles. The number of methoxy groups -OCH3 is 2. The van der Waals surface area contributed by atoms with Crippen LogP contribution in [-0.4, -0.2) is 44.0 Å². The molecule has 0 aromatic heterocycles. The van der Waals surface area contributed by atoms with E-state index in [9.17, 15) is 24.0 Å². The first kappa shape index (κ1) is 29.7. The van der Waals surface area contributed by atoms with Crippen molar-refractivity contribution in [2.75, 3.05) is 14.2 Å². The number of carbonyl (C=O) groups excluding carboxylic acids is 5. The summed E-state index contributed by atoms with van der Waals surface area (Å²) in [6, 6.07) is 0. The number of hydrogen-bond donors (Lipinski definition) is 0. The highest BCUT2D eigenvalue weighted by Gasteiger charge is 2.71. The summed E-state index contributed by atoms with van der Waals surface area (Å²) in [5.74, 6) is -3.18. The second kappa shape index (κ2) is 9.10. The van der Waals surface area contributed by atoms with E-state index >= 15 is 0 Å². The van der Waals surface area contributed by atoms with Gasteiger partial charge < -0.3 is 14.3 Å². The molecule has 0 saturated heterocycles. The molecule has 0 aliphatic heterocycles. The number of hydrogen-bond acceptors (Lipinski definition) is 7. The van der Waals surface area contributed by atoms with Crippen molar-refractivity contribution in [3.05, 3.63) is 11.6 Å². The van der Waals surface area contributed by atoms with Gasteiger partial charge in [-0.3, -0.25) is 14.4 Å². The van der Waals surface area contributed by atoms with Gasteiger partial charge in [0.1, 0.15) is 6.29 Å². The topological polar surface area (TPSA) is 104 Å². The standard InChI is InChI=1S/C32H46O7/c1-27(2)12-14-32(26(37)39-9)15-13-30(6)19(20(32)17-27)16-21(34)23-29(5,18-33)22(10-11-31(23,30)7)28(3,4)24(35)25(36)38-8/h16,18,20,22-23H,10-15,17H2,1-9H3/t20-,22-,23+,29-,30+,31+,32-/m0/s1. The van der Waals surface area contributed by atoms with Gasteiger partial charge in [-0.2, -0.15) is 0 Å². The summed E-state index contributed by atoms with van der Waals surface area (Å²) in [5, 5.41) is 0. The van der Waals surface area contributed by atoms with E-state index in [1.807, 2.05) is 0 Å². The first-order valence-electron chi connectivity index (χ1n) is 14.4. The van der Waals surface area contributed by atoms with Gasteiger partial charge in [0.2, 0.25) is 5.78 Å². The maximum absolute atomic E-state index is 14.3. The number of esters is 2. The van der Waals surface area contributed by atoms with Crippen LogP contribution >= 0.6 is 0 Å². The number of rotatable bonds is 5. The lowest BCUT2D eigenvalue weighted by atomic mass is 9.34. The monoisotopic (exact) mass is 542 g/mol. The van der Waals surface area contributed by atoms with Crippen LogP contribution in [0.5, 0.6) is 0 Å². The Morgan fingerprint density at radius 1 is 0.949 bits per heavy atom. The predicted molar refractivity (Wildman–Crippen MR) is 145 cm³/mol. The van der Waals surface area contributed by atoms with Crippen LogP contribution in [0.25, 0.3) is 0 Å². The van der Waals surface area contributed by atoms with Crippen molar-refractivity contribution in [1.29, 1.82) is 0 Å². The van der Waals surface area contributed by atoms with E-state index in [-0.39, 0.29) is 23.1 Å². The molecule has 0 amide bonds. The van der Waals surface area contributed by atoms with Gasteiger partial charge in [0.05, 0.1) is 19.6 Å².